The van der Waals surface area contributed by atoms with Gasteiger partial charge < -0.3 is 9.13 Å². The predicted octanol–water partition coefficient (Wildman–Crippen LogP) is 30.9. The number of aromatic nitrogens is 2. The molecule has 0 amide bonds. The van der Waals surface area contributed by atoms with Crippen molar-refractivity contribution >= 4 is 162 Å². The summed E-state index contributed by atoms with van der Waals surface area (Å²) in [6, 6.07) is 151. The lowest BCUT2D eigenvalue weighted by molar-refractivity contribution is 1.18. The van der Waals surface area contributed by atoms with Gasteiger partial charge in [-0.25, -0.2) is 0 Å². The molecule has 2 heterocycles. The molecule has 2 aromatic heterocycles. The van der Waals surface area contributed by atoms with Gasteiger partial charge in [-0.2, -0.15) is 10.5 Å². The second-order valence-electron chi connectivity index (χ2n) is 31.4. The van der Waals surface area contributed by atoms with Crippen LogP contribution in [0.2, 0.25) is 0 Å². The van der Waals surface area contributed by atoms with Gasteiger partial charge in [-0.3, -0.25) is 0 Å². The summed E-state index contributed by atoms with van der Waals surface area (Å²) >= 11 is 0. The van der Waals surface area contributed by atoms with Crippen LogP contribution in [0.4, 0.5) is 0 Å². The van der Waals surface area contributed by atoms with Gasteiger partial charge in [-0.1, -0.05) is 291 Å². The quantitative estimate of drug-likeness (QED) is 0.142. The first-order chi connectivity index (χ1) is 58.4. The average molecular weight is 1490 g/mol. The van der Waals surface area contributed by atoms with Gasteiger partial charge in [0.2, 0.25) is 0 Å². The summed E-state index contributed by atoms with van der Waals surface area (Å²) in [5.41, 5.74) is 22.8. The lowest BCUT2D eigenvalue weighted by Gasteiger charge is -2.17. The molecule has 23 aromatic carbocycles. The van der Waals surface area contributed by atoms with E-state index in [0.29, 0.717) is 11.1 Å². The lowest BCUT2D eigenvalue weighted by atomic mass is 9.86. The summed E-state index contributed by atoms with van der Waals surface area (Å²) in [6.45, 7) is 0. The molecule has 0 spiro atoms. The smallest absolute Gasteiger partial charge is 0.0998 e. The van der Waals surface area contributed by atoms with E-state index in [1.54, 1.807) is 0 Å². The van der Waals surface area contributed by atoms with Crippen molar-refractivity contribution in [1.29, 1.82) is 10.5 Å². The van der Waals surface area contributed by atoms with Gasteiger partial charge in [0.05, 0.1) is 45.3 Å². The number of nitrogens with zero attached hydrogens (tertiary/aromatic N) is 4. The van der Waals surface area contributed by atoms with Crippen LogP contribution < -0.4 is 0 Å². The summed E-state index contributed by atoms with van der Waals surface area (Å²) in [5, 5.41) is 51.7. The third kappa shape index (κ3) is 10.1. The molecular weight excluding hydrogens is 1430 g/mol. The van der Waals surface area contributed by atoms with Crippen LogP contribution in [-0.4, -0.2) is 9.13 Å². The number of fused-ring (bicyclic) bond motifs is 13. The molecule has 0 aliphatic rings. The van der Waals surface area contributed by atoms with E-state index in [9.17, 15) is 10.5 Å². The fraction of sp³-hybridized carbons (Fsp3) is 0. The molecule has 0 N–H and O–H groups in total. The molecular formula is C114H66N4. The molecule has 25 rings (SSSR count). The van der Waals surface area contributed by atoms with Gasteiger partial charge in [0.1, 0.15) is 0 Å². The first-order valence-electron chi connectivity index (χ1n) is 40.4. The Kier molecular flexibility index (Phi) is 14.8. The van der Waals surface area contributed by atoms with Gasteiger partial charge in [0, 0.05) is 43.7 Å². The molecule has 4 nitrogen and oxygen atoms in total. The molecule has 118 heavy (non-hydrogen) atoms. The van der Waals surface area contributed by atoms with Crippen molar-refractivity contribution < 1.29 is 0 Å². The molecule has 0 radical (unpaired) electrons. The van der Waals surface area contributed by atoms with Crippen molar-refractivity contribution in [2.75, 3.05) is 0 Å². The second-order valence-corrected chi connectivity index (χ2v) is 31.4. The molecule has 25 aromatic rings. The van der Waals surface area contributed by atoms with Crippen LogP contribution in [0.3, 0.4) is 0 Å². The van der Waals surface area contributed by atoms with Crippen molar-refractivity contribution in [3.63, 3.8) is 0 Å². The predicted molar refractivity (Wildman–Crippen MR) is 499 cm³/mol. The minimum Gasteiger partial charge on any atom is -0.309 e. The zero-order valence-electron chi connectivity index (χ0n) is 63.9. The molecule has 0 aliphatic heterocycles. The highest BCUT2D eigenvalue weighted by molar-refractivity contribution is 6.31. The summed E-state index contributed by atoms with van der Waals surface area (Å²) in [6.07, 6.45) is 0. The maximum atomic E-state index is 10.1. The van der Waals surface area contributed by atoms with Crippen LogP contribution in [0.1, 0.15) is 11.1 Å². The van der Waals surface area contributed by atoms with Crippen LogP contribution in [0.15, 0.2) is 400 Å². The molecule has 542 valence electrons. The van der Waals surface area contributed by atoms with Crippen LogP contribution in [-0.2, 0) is 0 Å². The number of hydrogen-bond donors (Lipinski definition) is 0. The highest BCUT2D eigenvalue weighted by atomic mass is 15.0. The summed E-state index contributed by atoms with van der Waals surface area (Å²) in [5.74, 6) is 0. The number of benzene rings is 23. The van der Waals surface area contributed by atoms with Crippen molar-refractivity contribution in [2.24, 2.45) is 0 Å². The van der Waals surface area contributed by atoms with E-state index in [2.05, 4.69) is 410 Å². The Bertz CT molecular complexity index is 8630. The second kappa shape index (κ2) is 26.3. The Balaban J connectivity index is 0.000000135. The topological polar surface area (TPSA) is 57.4 Å². The molecule has 0 aliphatic carbocycles. The van der Waals surface area contributed by atoms with Gasteiger partial charge in [0.25, 0.3) is 0 Å². The standard InChI is InChI=1S/C59H34N2.C55H32N2/c60-35-41-25-29-56-58-45(41)26-27-51-44(28-30-57(59(51)58)61(56)42-13-2-1-3-14-42)39-23-21-38-32-40(24-22-37(38)31-39)52-33-54-50-19-9-8-18-49(50)53(34-55(54)48-17-7-6-16-47(48)52)46-20-10-12-36-11-4-5-15-43(36)46;56-33-39-23-27-52-54-42(39)24-25-47-41(26-28-53(55(47)54)57(52)40-13-5-2-6-14-40)37-21-19-36-30-38(22-20-35(36)29-37)49-32-51-45-17-9-7-15-43(45)48(34-11-3-1-4-12-34)31-50(51)46-18-10-8-16-44(46)49/h1-34H;1-32H. The molecule has 0 saturated carbocycles. The fourth-order valence-corrected chi connectivity index (χ4v) is 20.0. The van der Waals surface area contributed by atoms with Crippen LogP contribution in [0.25, 0.3) is 240 Å². The third-order valence-corrected chi connectivity index (χ3v) is 25.3. The van der Waals surface area contributed by atoms with Gasteiger partial charge in [-0.05, 0) is 284 Å². The maximum Gasteiger partial charge on any atom is 0.0998 e. The van der Waals surface area contributed by atoms with Crippen molar-refractivity contribution in [3.8, 4) is 90.3 Å². The average Bonchev–Trinajstić information content (AvgIpc) is 1.66. The van der Waals surface area contributed by atoms with E-state index >= 15 is 0 Å². The van der Waals surface area contributed by atoms with Crippen molar-refractivity contribution in [3.05, 3.63) is 412 Å². The first-order valence-corrected chi connectivity index (χ1v) is 40.4. The zero-order chi connectivity index (χ0) is 77.8. The lowest BCUT2D eigenvalue weighted by Crippen LogP contribution is -1.93. The SMILES string of the molecule is N#Cc1ccc2c3c1ccc1c(-c4ccc5cc(-c6cc7c8ccccc8c(-c8cccc9ccccc89)cc7c7ccccc67)ccc5c4)ccc(c13)n2-c1ccccc1.N#Cc1ccc2c3c1ccc1c(-c4ccc5cc(-c6cc7c8ccccc8c(-c8ccccc8)cc7c7ccccc67)ccc5c4)ccc(c13)n2-c1ccccc1. The van der Waals surface area contributed by atoms with Crippen LogP contribution in [0.5, 0.6) is 0 Å². The van der Waals surface area contributed by atoms with E-state index in [0.717, 1.165) is 55.0 Å². The number of rotatable bonds is 8. The fourth-order valence-electron chi connectivity index (χ4n) is 20.0. The minimum absolute atomic E-state index is 0.700. The first kappa shape index (κ1) is 66.6. The largest absolute Gasteiger partial charge is 0.309 e. The summed E-state index contributed by atoms with van der Waals surface area (Å²) in [7, 11) is 0. The molecule has 0 fully saturated rings. The Labute approximate surface area is 678 Å². The third-order valence-electron chi connectivity index (χ3n) is 25.3. The highest BCUT2D eigenvalue weighted by Crippen LogP contribution is 2.50. The van der Waals surface area contributed by atoms with Crippen LogP contribution in [0, 0.1) is 22.7 Å². The maximum absolute atomic E-state index is 10.1. The summed E-state index contributed by atoms with van der Waals surface area (Å²) in [4.78, 5) is 0. The normalized spacial score (nSPS) is 11.9. The zero-order valence-corrected chi connectivity index (χ0v) is 63.9. The Hall–Kier alpha value is -16.0. The summed E-state index contributed by atoms with van der Waals surface area (Å²) < 4.78 is 4.67. The van der Waals surface area contributed by atoms with Gasteiger partial charge in [0.15, 0.2) is 0 Å². The van der Waals surface area contributed by atoms with Gasteiger partial charge in [-0.15, -0.1) is 0 Å². The molecule has 0 bridgehead atoms. The number of nitriles is 2. The van der Waals surface area contributed by atoms with Crippen molar-refractivity contribution in [2.45, 2.75) is 0 Å². The van der Waals surface area contributed by atoms with E-state index < -0.39 is 0 Å². The monoisotopic (exact) mass is 1490 g/mol. The molecule has 0 saturated heterocycles. The van der Waals surface area contributed by atoms with E-state index in [1.165, 1.54) is 185 Å². The van der Waals surface area contributed by atoms with E-state index in [-0.39, 0.29) is 0 Å². The number of para-hydroxylation sites is 2. The molecule has 0 unspecified atom stereocenters. The van der Waals surface area contributed by atoms with Crippen molar-refractivity contribution in [1.82, 2.24) is 9.13 Å². The van der Waals surface area contributed by atoms with E-state index in [1.807, 2.05) is 12.1 Å². The molecule has 4 heteroatoms. The Morgan fingerprint density at radius 2 is 0.466 bits per heavy atom. The minimum atomic E-state index is 0.700. The number of hydrogen-bond acceptors (Lipinski definition) is 2. The van der Waals surface area contributed by atoms with E-state index in [4.69, 9.17) is 0 Å². The Morgan fingerprint density at radius 3 is 0.873 bits per heavy atom. The highest BCUT2D eigenvalue weighted by Gasteiger charge is 2.25. The Morgan fingerprint density at radius 1 is 0.161 bits per heavy atom. The molecule has 0 atom stereocenters. The van der Waals surface area contributed by atoms with Gasteiger partial charge >= 0.3 is 0 Å². The van der Waals surface area contributed by atoms with Crippen LogP contribution >= 0.6 is 0 Å².